The minimum absolute atomic E-state index is 0.0657. The minimum atomic E-state index is -4.75. The van der Waals surface area contributed by atoms with Gasteiger partial charge in [-0.3, -0.25) is 29.4 Å². The Labute approximate surface area is 187 Å². The number of nitro groups is 1. The number of amides is 2. The number of nitro benzene ring substituents is 1. The van der Waals surface area contributed by atoms with Gasteiger partial charge in [0.1, 0.15) is 12.3 Å². The number of rotatable bonds is 6. The Bertz CT molecular complexity index is 1160. The maximum Gasteiger partial charge on any atom is 0.416 e. The summed E-state index contributed by atoms with van der Waals surface area (Å²) in [5.41, 5.74) is -1.57. The van der Waals surface area contributed by atoms with E-state index in [1.54, 1.807) is 0 Å². The number of carbonyl (C=O) groups excluding carboxylic acids is 3. The van der Waals surface area contributed by atoms with Crippen molar-refractivity contribution in [2.24, 2.45) is 0 Å². The van der Waals surface area contributed by atoms with Gasteiger partial charge < -0.3 is 9.47 Å². The molecule has 0 bridgehead atoms. The van der Waals surface area contributed by atoms with Crippen LogP contribution in [0.25, 0.3) is 6.08 Å². The Kier molecular flexibility index (Phi) is 6.72. The average Bonchev–Trinajstić information content (AvgIpc) is 3.01. The number of thioether (sulfide) groups is 1. The number of methoxy groups -OCH3 is 1. The number of halogens is 3. The lowest BCUT2D eigenvalue weighted by Crippen LogP contribution is -2.34. The highest BCUT2D eigenvalue weighted by atomic mass is 32.2. The van der Waals surface area contributed by atoms with Crippen LogP contribution in [0.4, 0.5) is 23.7 Å². The first-order valence-corrected chi connectivity index (χ1v) is 9.77. The topological polar surface area (TPSA) is 116 Å². The van der Waals surface area contributed by atoms with Crippen molar-refractivity contribution in [3.05, 3.63) is 68.6 Å². The number of alkyl halides is 3. The first-order chi connectivity index (χ1) is 15.5. The van der Waals surface area contributed by atoms with Crippen molar-refractivity contribution in [1.82, 2.24) is 4.90 Å². The fourth-order valence-corrected chi connectivity index (χ4v) is 3.50. The summed E-state index contributed by atoms with van der Waals surface area (Å²) < 4.78 is 48.3. The van der Waals surface area contributed by atoms with Gasteiger partial charge in [0.15, 0.2) is 0 Å². The van der Waals surface area contributed by atoms with Crippen LogP contribution >= 0.6 is 11.8 Å². The molecule has 0 radical (unpaired) electrons. The van der Waals surface area contributed by atoms with Gasteiger partial charge in [-0.15, -0.1) is 0 Å². The van der Waals surface area contributed by atoms with Gasteiger partial charge >= 0.3 is 17.8 Å². The molecule has 0 aromatic heterocycles. The molecular weight excluding hydrogens is 469 g/mol. The molecule has 9 nitrogen and oxygen atoms in total. The van der Waals surface area contributed by atoms with Crippen LogP contribution in [0.1, 0.15) is 11.1 Å². The molecule has 2 aromatic carbocycles. The molecule has 1 heterocycles. The molecule has 172 valence electrons. The molecule has 13 heteroatoms. The third-order valence-electron chi connectivity index (χ3n) is 4.28. The molecule has 0 aliphatic carbocycles. The van der Waals surface area contributed by atoms with Gasteiger partial charge in [0.25, 0.3) is 11.1 Å². The normalized spacial score (nSPS) is 15.2. The van der Waals surface area contributed by atoms with E-state index in [9.17, 15) is 37.7 Å². The zero-order valence-corrected chi connectivity index (χ0v) is 17.4. The first-order valence-electron chi connectivity index (χ1n) is 8.95. The van der Waals surface area contributed by atoms with Crippen molar-refractivity contribution in [2.75, 3.05) is 13.7 Å². The van der Waals surface area contributed by atoms with Crippen LogP contribution < -0.4 is 4.74 Å². The van der Waals surface area contributed by atoms with Crippen molar-refractivity contribution in [3.63, 3.8) is 0 Å². The molecule has 0 spiro atoms. The van der Waals surface area contributed by atoms with Crippen molar-refractivity contribution < 1.29 is 42.0 Å². The molecular formula is C20H13F3N2O7S. The van der Waals surface area contributed by atoms with Gasteiger partial charge in [-0.1, -0.05) is 12.1 Å². The SMILES string of the molecule is COC(=O)CN1C(=O)SC(=Cc2ccc(Oc3ccc(C(F)(F)F)cc3[N+](=O)[O-])cc2)C1=O. The summed E-state index contributed by atoms with van der Waals surface area (Å²) >= 11 is 0.637. The average molecular weight is 482 g/mol. The van der Waals surface area contributed by atoms with Gasteiger partial charge in [0.05, 0.1) is 22.5 Å². The number of hydrogen-bond acceptors (Lipinski definition) is 8. The maximum absolute atomic E-state index is 12.8. The lowest BCUT2D eigenvalue weighted by molar-refractivity contribution is -0.385. The summed E-state index contributed by atoms with van der Waals surface area (Å²) in [5, 5.41) is 10.5. The standard InChI is InChI=1S/C20H13F3N2O7S/c1-31-17(26)10-24-18(27)16(33-19(24)28)8-11-2-5-13(6-3-11)32-15-7-4-12(20(21,22)23)9-14(15)25(29)30/h2-9H,10H2,1H3. The van der Waals surface area contributed by atoms with Crippen LogP contribution in [-0.4, -0.2) is 40.6 Å². The van der Waals surface area contributed by atoms with Gasteiger partial charge in [-0.25, -0.2) is 0 Å². The third-order valence-corrected chi connectivity index (χ3v) is 5.18. The van der Waals surface area contributed by atoms with E-state index < -0.39 is 46.0 Å². The lowest BCUT2D eigenvalue weighted by Gasteiger charge is -2.10. The van der Waals surface area contributed by atoms with Crippen LogP contribution in [0.15, 0.2) is 47.4 Å². The molecule has 0 N–H and O–H groups in total. The monoisotopic (exact) mass is 482 g/mol. The number of carbonyl (C=O) groups is 3. The van der Waals surface area contributed by atoms with E-state index in [1.807, 2.05) is 0 Å². The second-order valence-corrected chi connectivity index (χ2v) is 7.45. The molecule has 1 aliphatic heterocycles. The molecule has 1 saturated heterocycles. The van der Waals surface area contributed by atoms with Crippen LogP contribution in [0.5, 0.6) is 11.5 Å². The van der Waals surface area contributed by atoms with E-state index in [0.29, 0.717) is 29.5 Å². The van der Waals surface area contributed by atoms with Crippen molar-refractivity contribution in [3.8, 4) is 11.5 Å². The van der Waals surface area contributed by atoms with Crippen molar-refractivity contribution >= 4 is 40.6 Å². The van der Waals surface area contributed by atoms with E-state index in [4.69, 9.17) is 4.74 Å². The predicted molar refractivity (Wildman–Crippen MR) is 109 cm³/mol. The minimum Gasteiger partial charge on any atom is -0.468 e. The Hall–Kier alpha value is -3.87. The highest BCUT2D eigenvalue weighted by molar-refractivity contribution is 8.18. The molecule has 3 rings (SSSR count). The van der Waals surface area contributed by atoms with Crippen LogP contribution in [0.3, 0.4) is 0 Å². The first kappa shape index (κ1) is 23.8. The fourth-order valence-electron chi connectivity index (χ4n) is 2.66. The Morgan fingerprint density at radius 1 is 1.18 bits per heavy atom. The highest BCUT2D eigenvalue weighted by Gasteiger charge is 2.36. The van der Waals surface area contributed by atoms with E-state index in [1.165, 1.54) is 30.3 Å². The molecule has 2 aromatic rings. The third kappa shape index (κ3) is 5.49. The molecule has 2 amide bonds. The van der Waals surface area contributed by atoms with Gasteiger partial charge in [0.2, 0.25) is 5.75 Å². The molecule has 0 saturated carbocycles. The number of imide groups is 1. The molecule has 1 fully saturated rings. The summed E-state index contributed by atoms with van der Waals surface area (Å²) in [7, 11) is 1.13. The Balaban J connectivity index is 1.78. The number of ether oxygens (including phenoxy) is 2. The number of esters is 1. The van der Waals surface area contributed by atoms with E-state index in [0.717, 1.165) is 18.1 Å². The lowest BCUT2D eigenvalue weighted by atomic mass is 10.1. The molecule has 33 heavy (non-hydrogen) atoms. The van der Waals surface area contributed by atoms with Crippen LogP contribution in [0, 0.1) is 10.1 Å². The van der Waals surface area contributed by atoms with Crippen LogP contribution in [-0.2, 0) is 20.5 Å². The molecule has 0 atom stereocenters. The summed E-state index contributed by atoms with van der Waals surface area (Å²) in [4.78, 5) is 46.6. The zero-order valence-electron chi connectivity index (χ0n) is 16.6. The quantitative estimate of drug-likeness (QED) is 0.254. The van der Waals surface area contributed by atoms with Gasteiger partial charge in [-0.05, 0) is 47.7 Å². The van der Waals surface area contributed by atoms with Crippen molar-refractivity contribution in [1.29, 1.82) is 0 Å². The molecule has 1 aliphatic rings. The summed E-state index contributed by atoms with van der Waals surface area (Å²) in [6.07, 6.45) is -3.35. The summed E-state index contributed by atoms with van der Waals surface area (Å²) in [6, 6.07) is 7.61. The predicted octanol–water partition coefficient (Wildman–Crippen LogP) is 4.62. The van der Waals surface area contributed by atoms with Gasteiger partial charge in [-0.2, -0.15) is 13.2 Å². The van der Waals surface area contributed by atoms with Gasteiger partial charge in [0, 0.05) is 6.07 Å². The summed E-state index contributed by atoms with van der Waals surface area (Å²) in [6.45, 7) is -0.517. The maximum atomic E-state index is 12.8. The van der Waals surface area contributed by atoms with E-state index >= 15 is 0 Å². The highest BCUT2D eigenvalue weighted by Crippen LogP contribution is 2.38. The smallest absolute Gasteiger partial charge is 0.416 e. The second kappa shape index (κ2) is 9.32. The largest absolute Gasteiger partial charge is 0.468 e. The number of nitrogens with zero attached hydrogens (tertiary/aromatic N) is 2. The molecule has 0 unspecified atom stereocenters. The fraction of sp³-hybridized carbons (Fsp3) is 0.150. The zero-order chi connectivity index (χ0) is 24.3. The number of hydrogen-bond donors (Lipinski definition) is 0. The van der Waals surface area contributed by atoms with E-state index in [-0.39, 0.29) is 16.4 Å². The van der Waals surface area contributed by atoms with E-state index in [2.05, 4.69) is 4.74 Å². The Morgan fingerprint density at radius 3 is 2.42 bits per heavy atom. The Morgan fingerprint density at radius 2 is 1.85 bits per heavy atom. The summed E-state index contributed by atoms with van der Waals surface area (Å²) in [5.74, 6) is -1.72. The number of benzene rings is 2. The van der Waals surface area contributed by atoms with Crippen molar-refractivity contribution in [2.45, 2.75) is 6.18 Å². The van der Waals surface area contributed by atoms with Crippen LogP contribution in [0.2, 0.25) is 0 Å². The second-order valence-electron chi connectivity index (χ2n) is 6.45.